The number of imidazole rings is 1. The SMILES string of the molecule is CN(C)c1ccc2c(C(=O)N3CCc4[nH]cnc4C3c3cc4cccc(F)n4n3)cnn2c1. The van der Waals surface area contributed by atoms with Gasteiger partial charge in [0.1, 0.15) is 6.04 Å². The normalized spacial score (nSPS) is 15.8. The summed E-state index contributed by atoms with van der Waals surface area (Å²) in [6, 6.07) is 9.90. The van der Waals surface area contributed by atoms with Crippen molar-refractivity contribution in [3.05, 3.63) is 83.7 Å². The van der Waals surface area contributed by atoms with Crippen LogP contribution in [0.5, 0.6) is 0 Å². The van der Waals surface area contributed by atoms with E-state index in [2.05, 4.69) is 20.2 Å². The summed E-state index contributed by atoms with van der Waals surface area (Å²) in [4.78, 5) is 25.2. The molecule has 6 heterocycles. The predicted octanol–water partition coefficient (Wildman–Crippen LogP) is 2.70. The van der Waals surface area contributed by atoms with E-state index in [0.29, 0.717) is 29.7 Å². The van der Waals surface area contributed by atoms with Gasteiger partial charge in [0, 0.05) is 32.8 Å². The van der Waals surface area contributed by atoms with Gasteiger partial charge in [-0.25, -0.2) is 14.0 Å². The molecule has 0 fully saturated rings. The number of aromatic amines is 1. The molecule has 0 aromatic carbocycles. The number of carbonyl (C=O) groups excluding carboxylic acids is 1. The van der Waals surface area contributed by atoms with Crippen molar-refractivity contribution in [2.75, 3.05) is 25.5 Å². The molecular weight excluding hydrogens is 423 g/mol. The van der Waals surface area contributed by atoms with Gasteiger partial charge in [0.05, 0.1) is 52.4 Å². The van der Waals surface area contributed by atoms with Crippen LogP contribution in [0.1, 0.15) is 33.5 Å². The van der Waals surface area contributed by atoms with Gasteiger partial charge >= 0.3 is 0 Å². The molecule has 1 N–H and O–H groups in total. The molecule has 0 spiro atoms. The van der Waals surface area contributed by atoms with E-state index in [1.54, 1.807) is 40.1 Å². The fraction of sp³-hybridized carbons (Fsp3) is 0.217. The van der Waals surface area contributed by atoms with Crippen molar-refractivity contribution in [3.63, 3.8) is 0 Å². The summed E-state index contributed by atoms with van der Waals surface area (Å²) in [5.74, 6) is -0.632. The number of carbonyl (C=O) groups is 1. The van der Waals surface area contributed by atoms with Gasteiger partial charge in [0.25, 0.3) is 5.91 Å². The van der Waals surface area contributed by atoms with Gasteiger partial charge in [-0.3, -0.25) is 4.79 Å². The highest BCUT2D eigenvalue weighted by Crippen LogP contribution is 2.35. The average molecular weight is 444 g/mol. The van der Waals surface area contributed by atoms with Crippen LogP contribution in [0.2, 0.25) is 0 Å². The molecule has 0 bridgehead atoms. The number of hydrogen-bond donors (Lipinski definition) is 1. The van der Waals surface area contributed by atoms with E-state index in [4.69, 9.17) is 0 Å². The number of aromatic nitrogens is 6. The molecule has 6 rings (SSSR count). The van der Waals surface area contributed by atoms with E-state index in [1.807, 2.05) is 37.3 Å². The van der Waals surface area contributed by atoms with E-state index in [9.17, 15) is 9.18 Å². The molecule has 0 saturated heterocycles. The molecule has 1 unspecified atom stereocenters. The second kappa shape index (κ2) is 7.16. The number of nitrogens with zero attached hydrogens (tertiary/aromatic N) is 7. The van der Waals surface area contributed by atoms with E-state index in [1.165, 1.54) is 10.6 Å². The first-order valence-electron chi connectivity index (χ1n) is 10.6. The van der Waals surface area contributed by atoms with Crippen LogP contribution >= 0.6 is 0 Å². The van der Waals surface area contributed by atoms with Crippen LogP contribution in [0, 0.1) is 5.95 Å². The van der Waals surface area contributed by atoms with E-state index in [-0.39, 0.29) is 5.91 Å². The van der Waals surface area contributed by atoms with Crippen LogP contribution in [0.4, 0.5) is 10.1 Å². The van der Waals surface area contributed by atoms with Gasteiger partial charge in [0.15, 0.2) is 0 Å². The molecule has 1 aliphatic heterocycles. The molecule has 0 radical (unpaired) electrons. The number of anilines is 1. The highest BCUT2D eigenvalue weighted by atomic mass is 19.1. The predicted molar refractivity (Wildman–Crippen MR) is 120 cm³/mol. The first-order valence-corrected chi connectivity index (χ1v) is 10.6. The van der Waals surface area contributed by atoms with Gasteiger partial charge in [-0.1, -0.05) is 6.07 Å². The summed E-state index contributed by atoms with van der Waals surface area (Å²) >= 11 is 0. The van der Waals surface area contributed by atoms with Crippen molar-refractivity contribution in [2.24, 2.45) is 0 Å². The minimum Gasteiger partial charge on any atom is -0.376 e. The largest absolute Gasteiger partial charge is 0.376 e. The maximum absolute atomic E-state index is 14.3. The molecule has 0 aliphatic carbocycles. The number of H-pyrrole nitrogens is 1. The van der Waals surface area contributed by atoms with Crippen LogP contribution in [-0.2, 0) is 6.42 Å². The summed E-state index contributed by atoms with van der Waals surface area (Å²) < 4.78 is 17.3. The number of halogens is 1. The number of amides is 1. The van der Waals surface area contributed by atoms with E-state index in [0.717, 1.165) is 22.6 Å². The lowest BCUT2D eigenvalue weighted by atomic mass is 9.98. The van der Waals surface area contributed by atoms with Crippen LogP contribution in [-0.4, -0.2) is 60.6 Å². The van der Waals surface area contributed by atoms with Crippen molar-refractivity contribution in [1.82, 2.24) is 34.1 Å². The molecule has 5 aromatic rings. The van der Waals surface area contributed by atoms with Gasteiger partial charge < -0.3 is 14.8 Å². The summed E-state index contributed by atoms with van der Waals surface area (Å²) in [6.45, 7) is 0.474. The van der Waals surface area contributed by atoms with Crippen LogP contribution in [0.25, 0.3) is 11.0 Å². The first kappa shape index (κ1) is 19.5. The number of rotatable bonds is 3. The van der Waals surface area contributed by atoms with Gasteiger partial charge in [-0.2, -0.15) is 14.6 Å². The van der Waals surface area contributed by atoms with Crippen LogP contribution < -0.4 is 4.90 Å². The first-order chi connectivity index (χ1) is 16.0. The van der Waals surface area contributed by atoms with Crippen LogP contribution in [0.15, 0.2) is 55.1 Å². The fourth-order valence-corrected chi connectivity index (χ4v) is 4.49. The lowest BCUT2D eigenvalue weighted by Gasteiger charge is -2.33. The quantitative estimate of drug-likeness (QED) is 0.433. The zero-order valence-electron chi connectivity index (χ0n) is 18.1. The average Bonchev–Trinajstić information content (AvgIpc) is 3.55. The smallest absolute Gasteiger partial charge is 0.258 e. The summed E-state index contributed by atoms with van der Waals surface area (Å²) in [5, 5.41) is 8.90. The minimum absolute atomic E-state index is 0.168. The van der Waals surface area contributed by atoms with Gasteiger partial charge in [0.2, 0.25) is 5.95 Å². The van der Waals surface area contributed by atoms with E-state index >= 15 is 0 Å². The van der Waals surface area contributed by atoms with Crippen LogP contribution in [0.3, 0.4) is 0 Å². The van der Waals surface area contributed by atoms with E-state index < -0.39 is 12.0 Å². The third-order valence-electron chi connectivity index (χ3n) is 6.17. The highest BCUT2D eigenvalue weighted by molar-refractivity contribution is 6.01. The molecule has 1 atom stereocenters. The number of pyridine rings is 2. The minimum atomic E-state index is -0.539. The Labute approximate surface area is 188 Å². The van der Waals surface area contributed by atoms with Gasteiger partial charge in [-0.05, 0) is 30.3 Å². The van der Waals surface area contributed by atoms with Crippen molar-refractivity contribution in [3.8, 4) is 0 Å². The Balaban J connectivity index is 1.46. The van der Waals surface area contributed by atoms with Crippen molar-refractivity contribution >= 4 is 22.6 Å². The molecule has 5 aromatic heterocycles. The Bertz CT molecular complexity index is 1510. The second-order valence-corrected chi connectivity index (χ2v) is 8.34. The lowest BCUT2D eigenvalue weighted by molar-refractivity contribution is 0.0689. The topological polar surface area (TPSA) is 86.8 Å². The molecule has 166 valence electrons. The Morgan fingerprint density at radius 3 is 2.94 bits per heavy atom. The lowest BCUT2D eigenvalue weighted by Crippen LogP contribution is -2.41. The zero-order valence-corrected chi connectivity index (χ0v) is 18.1. The Morgan fingerprint density at radius 1 is 1.24 bits per heavy atom. The third-order valence-corrected chi connectivity index (χ3v) is 6.17. The third kappa shape index (κ3) is 2.98. The fourth-order valence-electron chi connectivity index (χ4n) is 4.49. The Kier molecular flexibility index (Phi) is 4.22. The molecule has 0 saturated carbocycles. The molecule has 33 heavy (non-hydrogen) atoms. The molecular formula is C23H21FN8O. The van der Waals surface area contributed by atoms with Crippen molar-refractivity contribution in [1.29, 1.82) is 0 Å². The summed E-state index contributed by atoms with van der Waals surface area (Å²) in [6.07, 6.45) is 5.75. The van der Waals surface area contributed by atoms with Crippen molar-refractivity contribution < 1.29 is 9.18 Å². The second-order valence-electron chi connectivity index (χ2n) is 8.34. The molecule has 9 nitrogen and oxygen atoms in total. The Morgan fingerprint density at radius 2 is 2.12 bits per heavy atom. The molecule has 10 heteroatoms. The summed E-state index contributed by atoms with van der Waals surface area (Å²) in [5.41, 5.74) is 5.06. The summed E-state index contributed by atoms with van der Waals surface area (Å²) in [7, 11) is 3.91. The highest BCUT2D eigenvalue weighted by Gasteiger charge is 2.37. The number of fused-ring (bicyclic) bond motifs is 3. The number of nitrogens with one attached hydrogen (secondary N) is 1. The maximum Gasteiger partial charge on any atom is 0.258 e. The standard InChI is InChI=1S/C23H21FN8O/c1-29(2)15-6-7-19-16(11-27-31(19)12-15)23(33)30-9-8-17-21(26-13-25-17)22(30)18-10-14-4-3-5-20(24)32(14)28-18/h3-7,10-13,22H,8-9H2,1-2H3,(H,25,26). The van der Waals surface area contributed by atoms with Crippen molar-refractivity contribution in [2.45, 2.75) is 12.5 Å². The molecule has 1 amide bonds. The maximum atomic E-state index is 14.3. The zero-order chi connectivity index (χ0) is 22.7. The van der Waals surface area contributed by atoms with Gasteiger partial charge in [-0.15, -0.1) is 0 Å². The number of hydrogen-bond acceptors (Lipinski definition) is 5. The molecule has 1 aliphatic rings. The Hall–Kier alpha value is -4.21. The monoisotopic (exact) mass is 444 g/mol.